The maximum atomic E-state index is 11.6. The quantitative estimate of drug-likeness (QED) is 0.766. The molecule has 0 radical (unpaired) electrons. The number of rotatable bonds is 1. The first-order chi connectivity index (χ1) is 8.59. The normalized spacial score (nSPS) is 35.9. The maximum absolute atomic E-state index is 11.6. The van der Waals surface area contributed by atoms with E-state index < -0.39 is 9.84 Å². The first-order valence-corrected chi connectivity index (χ1v) is 9.10. The van der Waals surface area contributed by atoms with Crippen LogP contribution < -0.4 is 5.32 Å². The van der Waals surface area contributed by atoms with Crippen LogP contribution in [0.3, 0.4) is 0 Å². The molecule has 2 saturated heterocycles. The van der Waals surface area contributed by atoms with Crippen molar-refractivity contribution in [1.29, 1.82) is 0 Å². The lowest BCUT2D eigenvalue weighted by Crippen LogP contribution is -2.63. The van der Waals surface area contributed by atoms with Gasteiger partial charge in [0.2, 0.25) is 0 Å². The largest absolute Gasteiger partial charge is 0.309 e. The Balaban J connectivity index is 1.67. The SMILES string of the molecule is O=S1(=O)CCC(N2CCNC3(CCCCC3)C2)C1. The molecular formula is C13H24N2O2S. The van der Waals surface area contributed by atoms with E-state index in [-0.39, 0.29) is 6.04 Å². The number of hydrogen-bond acceptors (Lipinski definition) is 4. The van der Waals surface area contributed by atoms with Crippen LogP contribution in [0.5, 0.6) is 0 Å². The average molecular weight is 272 g/mol. The van der Waals surface area contributed by atoms with E-state index in [0.717, 1.165) is 26.1 Å². The van der Waals surface area contributed by atoms with Crippen molar-refractivity contribution in [2.75, 3.05) is 31.1 Å². The maximum Gasteiger partial charge on any atom is 0.151 e. The zero-order valence-corrected chi connectivity index (χ0v) is 11.8. The highest BCUT2D eigenvalue weighted by Crippen LogP contribution is 2.32. The third-order valence-corrected chi connectivity index (χ3v) is 6.69. The summed E-state index contributed by atoms with van der Waals surface area (Å²) in [4.78, 5) is 2.45. The van der Waals surface area contributed by atoms with Gasteiger partial charge in [0.1, 0.15) is 0 Å². The van der Waals surface area contributed by atoms with Crippen LogP contribution in [0.25, 0.3) is 0 Å². The summed E-state index contributed by atoms with van der Waals surface area (Å²) in [6.45, 7) is 3.10. The van der Waals surface area contributed by atoms with Crippen LogP contribution in [0.1, 0.15) is 38.5 Å². The molecule has 0 aromatic carbocycles. The minimum absolute atomic E-state index is 0.288. The molecule has 3 rings (SSSR count). The molecule has 0 aromatic heterocycles. The van der Waals surface area contributed by atoms with Gasteiger partial charge >= 0.3 is 0 Å². The van der Waals surface area contributed by atoms with Crippen molar-refractivity contribution in [3.63, 3.8) is 0 Å². The fourth-order valence-electron chi connectivity index (χ4n) is 3.93. The molecule has 5 heteroatoms. The highest BCUT2D eigenvalue weighted by atomic mass is 32.2. The molecule has 0 amide bonds. The Kier molecular flexibility index (Phi) is 3.41. The summed E-state index contributed by atoms with van der Waals surface area (Å²) in [7, 11) is -2.75. The zero-order chi connectivity index (χ0) is 12.6. The van der Waals surface area contributed by atoms with Crippen molar-refractivity contribution in [2.24, 2.45) is 0 Å². The highest BCUT2D eigenvalue weighted by Gasteiger charge is 2.40. The van der Waals surface area contributed by atoms with Crippen LogP contribution >= 0.6 is 0 Å². The Morgan fingerprint density at radius 3 is 2.61 bits per heavy atom. The average Bonchev–Trinajstić information content (AvgIpc) is 2.71. The summed E-state index contributed by atoms with van der Waals surface area (Å²) >= 11 is 0. The van der Waals surface area contributed by atoms with Gasteiger partial charge in [-0.3, -0.25) is 4.90 Å². The number of sulfone groups is 1. The van der Waals surface area contributed by atoms with Gasteiger partial charge < -0.3 is 5.32 Å². The zero-order valence-electron chi connectivity index (χ0n) is 11.0. The van der Waals surface area contributed by atoms with E-state index >= 15 is 0 Å². The lowest BCUT2D eigenvalue weighted by molar-refractivity contribution is 0.0752. The second kappa shape index (κ2) is 4.76. The summed E-state index contributed by atoms with van der Waals surface area (Å²) in [5, 5.41) is 3.72. The third kappa shape index (κ3) is 2.58. The second-order valence-electron chi connectivity index (χ2n) is 6.30. The standard InChI is InChI=1S/C13H24N2O2S/c16-18(17)9-4-12(10-18)15-8-7-14-13(11-15)5-2-1-3-6-13/h12,14H,1-11H2. The topological polar surface area (TPSA) is 49.4 Å². The first-order valence-electron chi connectivity index (χ1n) is 7.28. The van der Waals surface area contributed by atoms with E-state index in [1.165, 1.54) is 32.1 Å². The van der Waals surface area contributed by atoms with E-state index in [1.54, 1.807) is 0 Å². The smallest absolute Gasteiger partial charge is 0.151 e. The first kappa shape index (κ1) is 12.9. The fraction of sp³-hybridized carbons (Fsp3) is 1.00. The Morgan fingerprint density at radius 1 is 1.17 bits per heavy atom. The third-order valence-electron chi connectivity index (χ3n) is 4.94. The summed E-state index contributed by atoms with van der Waals surface area (Å²) in [6, 6.07) is 0.288. The Hall–Kier alpha value is -0.130. The molecule has 3 aliphatic rings. The van der Waals surface area contributed by atoms with Crippen molar-refractivity contribution in [1.82, 2.24) is 10.2 Å². The minimum Gasteiger partial charge on any atom is -0.309 e. The van der Waals surface area contributed by atoms with Gasteiger partial charge in [-0.05, 0) is 19.3 Å². The van der Waals surface area contributed by atoms with Crippen molar-refractivity contribution >= 4 is 9.84 Å². The van der Waals surface area contributed by atoms with Gasteiger partial charge in [-0.2, -0.15) is 0 Å². The fourth-order valence-corrected chi connectivity index (χ4v) is 5.69. The number of nitrogens with one attached hydrogen (secondary N) is 1. The summed E-state index contributed by atoms with van der Waals surface area (Å²) in [5.74, 6) is 0.789. The van der Waals surface area contributed by atoms with Crippen molar-refractivity contribution in [2.45, 2.75) is 50.1 Å². The molecule has 1 saturated carbocycles. The molecule has 0 aromatic rings. The molecule has 2 aliphatic heterocycles. The van der Waals surface area contributed by atoms with Crippen LogP contribution in [0.4, 0.5) is 0 Å². The van der Waals surface area contributed by atoms with Crippen LogP contribution in [0.15, 0.2) is 0 Å². The minimum atomic E-state index is -2.75. The van der Waals surface area contributed by atoms with Gasteiger partial charge in [0, 0.05) is 31.2 Å². The van der Waals surface area contributed by atoms with Crippen LogP contribution in [-0.4, -0.2) is 56.0 Å². The number of piperazine rings is 1. The predicted molar refractivity (Wildman–Crippen MR) is 72.5 cm³/mol. The van der Waals surface area contributed by atoms with E-state index in [0.29, 0.717) is 17.0 Å². The molecule has 1 spiro atoms. The molecular weight excluding hydrogens is 248 g/mol. The molecule has 2 heterocycles. The van der Waals surface area contributed by atoms with Gasteiger partial charge in [-0.25, -0.2) is 8.42 Å². The highest BCUT2D eigenvalue weighted by molar-refractivity contribution is 7.91. The molecule has 104 valence electrons. The summed E-state index contributed by atoms with van der Waals surface area (Å²) in [6.07, 6.45) is 7.39. The molecule has 0 bridgehead atoms. The molecule has 4 nitrogen and oxygen atoms in total. The molecule has 3 fully saturated rings. The molecule has 18 heavy (non-hydrogen) atoms. The van der Waals surface area contributed by atoms with Crippen LogP contribution in [0.2, 0.25) is 0 Å². The van der Waals surface area contributed by atoms with E-state index in [1.807, 2.05) is 0 Å². The van der Waals surface area contributed by atoms with Crippen molar-refractivity contribution < 1.29 is 8.42 Å². The number of hydrogen-bond donors (Lipinski definition) is 1. The monoisotopic (exact) mass is 272 g/mol. The van der Waals surface area contributed by atoms with Crippen molar-refractivity contribution in [3.05, 3.63) is 0 Å². The van der Waals surface area contributed by atoms with Gasteiger partial charge in [-0.1, -0.05) is 19.3 Å². The molecule has 1 atom stereocenters. The molecule has 1 N–H and O–H groups in total. The Labute approximate surface area is 110 Å². The predicted octanol–water partition coefficient (Wildman–Crippen LogP) is 0.782. The van der Waals surface area contributed by atoms with E-state index in [9.17, 15) is 8.42 Å². The lowest BCUT2D eigenvalue weighted by Gasteiger charge is -2.47. The van der Waals surface area contributed by atoms with Crippen molar-refractivity contribution in [3.8, 4) is 0 Å². The Morgan fingerprint density at radius 2 is 1.94 bits per heavy atom. The summed E-state index contributed by atoms with van der Waals surface area (Å²) < 4.78 is 23.2. The van der Waals surface area contributed by atoms with Gasteiger partial charge in [0.05, 0.1) is 11.5 Å². The Bertz CT molecular complexity index is 396. The lowest BCUT2D eigenvalue weighted by atomic mass is 9.80. The second-order valence-corrected chi connectivity index (χ2v) is 8.52. The van der Waals surface area contributed by atoms with E-state index in [2.05, 4.69) is 10.2 Å². The van der Waals surface area contributed by atoms with Crippen LogP contribution in [0, 0.1) is 0 Å². The van der Waals surface area contributed by atoms with Gasteiger partial charge in [0.25, 0.3) is 0 Å². The molecule has 1 aliphatic carbocycles. The van der Waals surface area contributed by atoms with E-state index in [4.69, 9.17) is 0 Å². The number of nitrogens with zero attached hydrogens (tertiary/aromatic N) is 1. The van der Waals surface area contributed by atoms with Gasteiger partial charge in [-0.15, -0.1) is 0 Å². The van der Waals surface area contributed by atoms with Gasteiger partial charge in [0.15, 0.2) is 9.84 Å². The summed E-state index contributed by atoms with van der Waals surface area (Å²) in [5.41, 5.74) is 0.294. The van der Waals surface area contributed by atoms with Crippen LogP contribution in [-0.2, 0) is 9.84 Å². The molecule has 1 unspecified atom stereocenters.